The van der Waals surface area contributed by atoms with Gasteiger partial charge in [-0.3, -0.25) is 4.57 Å². The molecule has 5 heteroatoms. The fourth-order valence-electron chi connectivity index (χ4n) is 10.8. The maximum atomic E-state index is 6.31. The van der Waals surface area contributed by atoms with Gasteiger partial charge >= 0.3 is 0 Å². The molecular formula is C58H34N4O. The highest BCUT2D eigenvalue weighted by atomic mass is 16.3. The smallest absolute Gasteiger partial charge is 0.238 e. The van der Waals surface area contributed by atoms with Gasteiger partial charge in [0.15, 0.2) is 11.6 Å². The van der Waals surface area contributed by atoms with E-state index >= 15 is 0 Å². The molecule has 2 aliphatic carbocycles. The molecule has 0 amide bonds. The van der Waals surface area contributed by atoms with Crippen molar-refractivity contribution in [1.29, 1.82) is 0 Å². The highest BCUT2D eigenvalue weighted by Crippen LogP contribution is 2.63. The van der Waals surface area contributed by atoms with Crippen molar-refractivity contribution >= 4 is 43.7 Å². The molecule has 0 fully saturated rings. The van der Waals surface area contributed by atoms with Crippen LogP contribution in [0.4, 0.5) is 0 Å². The Morgan fingerprint density at radius 1 is 0.333 bits per heavy atom. The van der Waals surface area contributed by atoms with E-state index in [1.54, 1.807) is 0 Å². The average Bonchev–Trinajstić information content (AvgIpc) is 4.07. The Balaban J connectivity index is 0.945. The number of benzene rings is 9. The Morgan fingerprint density at radius 3 is 1.63 bits per heavy atom. The van der Waals surface area contributed by atoms with Gasteiger partial charge in [0.25, 0.3) is 0 Å². The molecular weight excluding hydrogens is 769 g/mol. The van der Waals surface area contributed by atoms with Gasteiger partial charge in [-0.25, -0.2) is 4.98 Å². The summed E-state index contributed by atoms with van der Waals surface area (Å²) in [6.45, 7) is 0. The minimum absolute atomic E-state index is 0.366. The van der Waals surface area contributed by atoms with Crippen LogP contribution in [0.15, 0.2) is 211 Å². The van der Waals surface area contributed by atoms with Crippen LogP contribution in [0.2, 0.25) is 0 Å². The van der Waals surface area contributed by atoms with Crippen molar-refractivity contribution in [3.05, 3.63) is 229 Å². The quantitative estimate of drug-likeness (QED) is 0.178. The fraction of sp³-hybridized carbons (Fsp3) is 0.0172. The van der Waals surface area contributed by atoms with Crippen molar-refractivity contribution in [2.75, 3.05) is 0 Å². The number of rotatable bonds is 4. The predicted octanol–water partition coefficient (Wildman–Crippen LogP) is 14.2. The Labute approximate surface area is 362 Å². The summed E-state index contributed by atoms with van der Waals surface area (Å²) in [7, 11) is 0. The average molecular weight is 803 g/mol. The Kier molecular flexibility index (Phi) is 6.97. The fourth-order valence-corrected chi connectivity index (χ4v) is 10.8. The van der Waals surface area contributed by atoms with E-state index < -0.39 is 0 Å². The molecule has 1 spiro atoms. The van der Waals surface area contributed by atoms with Gasteiger partial charge in [-0.05, 0) is 98.1 Å². The summed E-state index contributed by atoms with van der Waals surface area (Å²) in [4.78, 5) is 15.5. The first kappa shape index (κ1) is 34.3. The van der Waals surface area contributed by atoms with Crippen molar-refractivity contribution in [1.82, 2.24) is 19.5 Å². The van der Waals surface area contributed by atoms with Gasteiger partial charge < -0.3 is 4.42 Å². The van der Waals surface area contributed by atoms with E-state index in [2.05, 4.69) is 156 Å². The number of hydrogen-bond acceptors (Lipinski definition) is 4. The van der Waals surface area contributed by atoms with E-state index in [9.17, 15) is 0 Å². The van der Waals surface area contributed by atoms with Gasteiger partial charge in [0.2, 0.25) is 5.95 Å². The van der Waals surface area contributed by atoms with Crippen LogP contribution in [0.25, 0.3) is 106 Å². The summed E-state index contributed by atoms with van der Waals surface area (Å²) in [5.41, 5.74) is 18.0. The van der Waals surface area contributed by atoms with Crippen molar-refractivity contribution in [3.63, 3.8) is 0 Å². The lowest BCUT2D eigenvalue weighted by Crippen LogP contribution is -2.25. The first-order valence-corrected chi connectivity index (χ1v) is 21.4. The number of furan rings is 1. The van der Waals surface area contributed by atoms with Crippen LogP contribution < -0.4 is 0 Å². The second-order valence-corrected chi connectivity index (χ2v) is 16.7. The third-order valence-electron chi connectivity index (χ3n) is 13.5. The summed E-state index contributed by atoms with van der Waals surface area (Å²) in [6.07, 6.45) is 0. The summed E-state index contributed by atoms with van der Waals surface area (Å²) >= 11 is 0. The number of fused-ring (bicyclic) bond motifs is 16. The zero-order valence-corrected chi connectivity index (χ0v) is 33.8. The highest BCUT2D eigenvalue weighted by Gasteiger charge is 2.51. The van der Waals surface area contributed by atoms with Gasteiger partial charge in [0.1, 0.15) is 11.2 Å². The van der Waals surface area contributed by atoms with Crippen LogP contribution in [0.1, 0.15) is 22.3 Å². The molecule has 0 aliphatic heterocycles. The van der Waals surface area contributed by atoms with Crippen molar-refractivity contribution in [2.24, 2.45) is 0 Å². The normalized spacial score (nSPS) is 13.2. The van der Waals surface area contributed by atoms with Crippen LogP contribution in [-0.2, 0) is 5.41 Å². The van der Waals surface area contributed by atoms with Crippen molar-refractivity contribution in [3.8, 4) is 62.1 Å². The second-order valence-electron chi connectivity index (χ2n) is 16.7. The van der Waals surface area contributed by atoms with E-state index in [0.717, 1.165) is 60.4 Å². The monoisotopic (exact) mass is 802 g/mol. The molecule has 3 heterocycles. The molecule has 12 aromatic rings. The van der Waals surface area contributed by atoms with E-state index in [4.69, 9.17) is 19.4 Å². The van der Waals surface area contributed by atoms with Gasteiger partial charge in [-0.2, -0.15) is 9.97 Å². The SMILES string of the molecule is c1ccc(-c2nc(-c3ccc4c(c3)oc3ccccc34)nc(-n3c4ccccc4c4cc(-c5ccc6c(c5)-c5ccccc5C65c6ccccc6-c6ccccc65)ccc43)n2)cc1. The van der Waals surface area contributed by atoms with Gasteiger partial charge in [-0.15, -0.1) is 0 Å². The molecule has 0 saturated heterocycles. The third-order valence-corrected chi connectivity index (χ3v) is 13.5. The lowest BCUT2D eigenvalue weighted by Gasteiger charge is -2.30. The maximum Gasteiger partial charge on any atom is 0.238 e. The van der Waals surface area contributed by atoms with Crippen LogP contribution in [0.5, 0.6) is 0 Å². The molecule has 14 rings (SSSR count). The minimum Gasteiger partial charge on any atom is -0.456 e. The van der Waals surface area contributed by atoms with Crippen LogP contribution >= 0.6 is 0 Å². The number of hydrogen-bond donors (Lipinski definition) is 0. The van der Waals surface area contributed by atoms with Crippen molar-refractivity contribution < 1.29 is 4.42 Å². The van der Waals surface area contributed by atoms with E-state index in [1.807, 2.05) is 54.6 Å². The molecule has 0 N–H and O–H groups in total. The zero-order valence-electron chi connectivity index (χ0n) is 33.8. The first-order chi connectivity index (χ1) is 31.2. The Bertz CT molecular complexity index is 3830. The lowest BCUT2D eigenvalue weighted by molar-refractivity contribution is 0.669. The summed E-state index contributed by atoms with van der Waals surface area (Å²) in [5, 5.41) is 4.41. The summed E-state index contributed by atoms with van der Waals surface area (Å²) in [5.74, 6) is 1.73. The summed E-state index contributed by atoms with van der Waals surface area (Å²) < 4.78 is 8.50. The Hall–Kier alpha value is -8.41. The molecule has 0 radical (unpaired) electrons. The molecule has 5 nitrogen and oxygen atoms in total. The molecule has 0 unspecified atom stereocenters. The van der Waals surface area contributed by atoms with E-state index in [-0.39, 0.29) is 5.41 Å². The number of nitrogens with zero attached hydrogens (tertiary/aromatic N) is 4. The van der Waals surface area contributed by atoms with Crippen LogP contribution in [-0.4, -0.2) is 19.5 Å². The van der Waals surface area contributed by atoms with Gasteiger partial charge in [-0.1, -0.05) is 164 Å². The zero-order chi connectivity index (χ0) is 41.2. The molecule has 3 aromatic heterocycles. The van der Waals surface area contributed by atoms with E-state index in [1.165, 1.54) is 50.1 Å². The largest absolute Gasteiger partial charge is 0.456 e. The van der Waals surface area contributed by atoms with Gasteiger partial charge in [0.05, 0.1) is 16.4 Å². The maximum absolute atomic E-state index is 6.31. The number of aromatic nitrogens is 4. The summed E-state index contributed by atoms with van der Waals surface area (Å²) in [6, 6.07) is 73.9. The minimum atomic E-state index is -0.366. The highest BCUT2D eigenvalue weighted by molar-refractivity contribution is 6.11. The predicted molar refractivity (Wildman–Crippen MR) is 254 cm³/mol. The molecule has 292 valence electrons. The third kappa shape index (κ3) is 4.73. The second kappa shape index (κ2) is 12.8. The molecule has 0 atom stereocenters. The topological polar surface area (TPSA) is 56.7 Å². The molecule has 2 aliphatic rings. The molecule has 0 bridgehead atoms. The molecule has 63 heavy (non-hydrogen) atoms. The Morgan fingerprint density at radius 2 is 0.873 bits per heavy atom. The van der Waals surface area contributed by atoms with Gasteiger partial charge in [0, 0.05) is 32.7 Å². The van der Waals surface area contributed by atoms with Crippen molar-refractivity contribution in [2.45, 2.75) is 5.41 Å². The van der Waals surface area contributed by atoms with E-state index in [0.29, 0.717) is 17.6 Å². The molecule has 9 aromatic carbocycles. The van der Waals surface area contributed by atoms with Crippen LogP contribution in [0.3, 0.4) is 0 Å². The number of para-hydroxylation sites is 2. The van der Waals surface area contributed by atoms with Crippen LogP contribution in [0, 0.1) is 0 Å². The lowest BCUT2D eigenvalue weighted by atomic mass is 9.70. The first-order valence-electron chi connectivity index (χ1n) is 21.4. The standard InChI is InChI=1S/C58H34N4O/c1-2-14-35(15-3-1)55-59-56(38-26-29-44-43-20-8-13-25-53(43)63-54(44)34-38)61-57(60-55)62-51-24-12-7-19-42(51)46-33-37(28-31-52(46)62)36-27-30-50-45(32-36)41-18-6-11-23-49(41)58(50)47-21-9-4-16-39(47)40-17-5-10-22-48(40)58/h1-34H. The molecule has 0 saturated carbocycles.